The quantitative estimate of drug-likeness (QED) is 0.378. The Morgan fingerprint density at radius 1 is 0.923 bits per heavy atom. The lowest BCUT2D eigenvalue weighted by atomic mass is 9.99. The molecular weight excluding hydrogens is 362 g/mol. The normalized spacial score (nSPS) is 12.5. The molecule has 0 saturated heterocycles. The predicted octanol–water partition coefficient (Wildman–Crippen LogP) is 4.50. The van der Waals surface area contributed by atoms with E-state index in [4.69, 9.17) is 0 Å². The summed E-state index contributed by atoms with van der Waals surface area (Å²) in [7, 11) is 0. The Hall–Kier alpha value is -2.84. The number of hydrogen-bond acceptors (Lipinski definition) is 2. The molecular formula is C17H10F6N2O. The molecule has 0 saturated carbocycles. The van der Waals surface area contributed by atoms with E-state index < -0.39 is 29.1 Å². The number of nitrogens with zero attached hydrogens (tertiary/aromatic N) is 2. The van der Waals surface area contributed by atoms with E-state index in [1.807, 2.05) is 0 Å². The smallest absolute Gasteiger partial charge is 0.433 e. The Morgan fingerprint density at radius 3 is 2.27 bits per heavy atom. The second-order valence-corrected chi connectivity index (χ2v) is 5.56. The van der Waals surface area contributed by atoms with Crippen LogP contribution >= 0.6 is 0 Å². The minimum Gasteiger partial charge on any atom is -0.618 e. The molecule has 136 valence electrons. The second kappa shape index (κ2) is 6.15. The average molecular weight is 372 g/mol. The first kappa shape index (κ1) is 18.0. The molecule has 26 heavy (non-hydrogen) atoms. The van der Waals surface area contributed by atoms with Crippen molar-refractivity contribution in [3.05, 3.63) is 76.4 Å². The summed E-state index contributed by atoms with van der Waals surface area (Å²) in [6.07, 6.45) is -8.90. The van der Waals surface area contributed by atoms with Crippen LogP contribution in [-0.2, 0) is 18.8 Å². The standard InChI is InChI=1S/C17H10F6N2O/c18-16(19,20)13-6-3-5-12-10(8-11-4-1-2-7-25(11)26)9-14(17(21,22)23)24-15(12)13/h1-7,9H,8H2. The molecule has 0 radical (unpaired) electrons. The molecule has 0 unspecified atom stereocenters. The third-order valence-electron chi connectivity index (χ3n) is 3.80. The van der Waals surface area contributed by atoms with E-state index in [0.29, 0.717) is 16.9 Å². The van der Waals surface area contributed by atoms with Crippen molar-refractivity contribution in [1.82, 2.24) is 4.98 Å². The van der Waals surface area contributed by atoms with Crippen LogP contribution in [0.3, 0.4) is 0 Å². The first-order valence-electron chi connectivity index (χ1n) is 7.31. The molecule has 9 heteroatoms. The summed E-state index contributed by atoms with van der Waals surface area (Å²) < 4.78 is 79.4. The van der Waals surface area contributed by atoms with Crippen LogP contribution in [0.4, 0.5) is 26.3 Å². The number of rotatable bonds is 2. The molecule has 0 bridgehead atoms. The number of fused-ring (bicyclic) bond motifs is 1. The zero-order chi connectivity index (χ0) is 19.1. The van der Waals surface area contributed by atoms with E-state index in [0.717, 1.165) is 12.3 Å². The molecule has 0 aliphatic rings. The molecule has 3 rings (SSSR count). The van der Waals surface area contributed by atoms with Gasteiger partial charge in [-0.05, 0) is 17.7 Å². The van der Waals surface area contributed by atoms with Crippen molar-refractivity contribution < 1.29 is 31.1 Å². The topological polar surface area (TPSA) is 39.8 Å². The number of aromatic nitrogens is 2. The van der Waals surface area contributed by atoms with Gasteiger partial charge in [-0.2, -0.15) is 31.1 Å². The van der Waals surface area contributed by atoms with Gasteiger partial charge in [-0.1, -0.05) is 18.2 Å². The number of benzene rings is 1. The van der Waals surface area contributed by atoms with Crippen molar-refractivity contribution in [2.75, 3.05) is 0 Å². The third-order valence-corrected chi connectivity index (χ3v) is 3.80. The monoisotopic (exact) mass is 372 g/mol. The summed E-state index contributed by atoms with van der Waals surface area (Å²) >= 11 is 0. The number of hydrogen-bond donors (Lipinski definition) is 0. The van der Waals surface area contributed by atoms with Gasteiger partial charge in [0.2, 0.25) is 0 Å². The Labute approximate surface area is 143 Å². The summed E-state index contributed by atoms with van der Waals surface area (Å²) in [4.78, 5) is 3.21. The maximum Gasteiger partial charge on any atom is 0.433 e. The van der Waals surface area contributed by atoms with E-state index in [2.05, 4.69) is 4.98 Å². The summed E-state index contributed by atoms with van der Waals surface area (Å²) in [5.74, 6) is 0. The molecule has 0 amide bonds. The van der Waals surface area contributed by atoms with Crippen LogP contribution in [0.25, 0.3) is 10.9 Å². The van der Waals surface area contributed by atoms with Gasteiger partial charge in [0.25, 0.3) is 0 Å². The van der Waals surface area contributed by atoms with Gasteiger partial charge in [0.05, 0.1) is 17.5 Å². The lowest BCUT2D eigenvalue weighted by molar-refractivity contribution is -0.613. The van der Waals surface area contributed by atoms with Gasteiger partial charge in [-0.3, -0.25) is 0 Å². The third kappa shape index (κ3) is 3.42. The Kier molecular flexibility index (Phi) is 4.25. The molecule has 0 atom stereocenters. The fourth-order valence-electron chi connectivity index (χ4n) is 2.63. The van der Waals surface area contributed by atoms with Crippen molar-refractivity contribution in [1.29, 1.82) is 0 Å². The number of para-hydroxylation sites is 1. The summed E-state index contributed by atoms with van der Waals surface area (Å²) in [5.41, 5.74) is -3.46. The van der Waals surface area contributed by atoms with Crippen LogP contribution in [0.1, 0.15) is 22.5 Å². The van der Waals surface area contributed by atoms with Crippen LogP contribution in [-0.4, -0.2) is 4.98 Å². The molecule has 0 fully saturated rings. The molecule has 0 aliphatic carbocycles. The minimum absolute atomic E-state index is 0.0655. The largest absolute Gasteiger partial charge is 0.618 e. The van der Waals surface area contributed by atoms with E-state index in [1.165, 1.54) is 24.3 Å². The van der Waals surface area contributed by atoms with E-state index in [-0.39, 0.29) is 23.1 Å². The SMILES string of the molecule is [O-][n+]1ccccc1Cc1cc(C(F)(F)F)nc2c(C(F)(F)F)cccc12. The van der Waals surface area contributed by atoms with E-state index in [9.17, 15) is 31.5 Å². The van der Waals surface area contributed by atoms with Crippen LogP contribution in [0.2, 0.25) is 0 Å². The van der Waals surface area contributed by atoms with E-state index >= 15 is 0 Å². The highest BCUT2D eigenvalue weighted by atomic mass is 19.4. The molecule has 0 N–H and O–H groups in total. The molecule has 2 heterocycles. The summed E-state index contributed by atoms with van der Waals surface area (Å²) in [6.45, 7) is 0. The molecule has 0 spiro atoms. The van der Waals surface area contributed by atoms with Crippen LogP contribution < -0.4 is 4.73 Å². The number of pyridine rings is 2. The molecule has 3 nitrogen and oxygen atoms in total. The molecule has 2 aromatic heterocycles. The lowest BCUT2D eigenvalue weighted by Crippen LogP contribution is -2.31. The van der Waals surface area contributed by atoms with Gasteiger partial charge in [0.1, 0.15) is 5.69 Å². The second-order valence-electron chi connectivity index (χ2n) is 5.56. The van der Waals surface area contributed by atoms with Gasteiger partial charge in [0.15, 0.2) is 11.9 Å². The number of alkyl halides is 6. The molecule has 1 aromatic carbocycles. The van der Waals surface area contributed by atoms with Crippen molar-refractivity contribution in [3.8, 4) is 0 Å². The van der Waals surface area contributed by atoms with Gasteiger partial charge in [-0.25, -0.2) is 4.98 Å². The van der Waals surface area contributed by atoms with Crippen molar-refractivity contribution in [2.24, 2.45) is 0 Å². The summed E-state index contributed by atoms with van der Waals surface area (Å²) in [5, 5.41) is 11.7. The Balaban J connectivity index is 2.29. The van der Waals surface area contributed by atoms with Gasteiger partial charge >= 0.3 is 12.4 Å². The van der Waals surface area contributed by atoms with Crippen molar-refractivity contribution in [2.45, 2.75) is 18.8 Å². The molecule has 3 aromatic rings. The minimum atomic E-state index is -4.92. The highest BCUT2D eigenvalue weighted by Crippen LogP contribution is 2.37. The van der Waals surface area contributed by atoms with Gasteiger partial charge in [-0.15, -0.1) is 0 Å². The highest BCUT2D eigenvalue weighted by molar-refractivity contribution is 5.86. The van der Waals surface area contributed by atoms with Crippen LogP contribution in [0.15, 0.2) is 48.7 Å². The van der Waals surface area contributed by atoms with Crippen LogP contribution in [0.5, 0.6) is 0 Å². The zero-order valence-electron chi connectivity index (χ0n) is 12.9. The lowest BCUT2D eigenvalue weighted by Gasteiger charge is -2.15. The Morgan fingerprint density at radius 2 is 1.65 bits per heavy atom. The summed E-state index contributed by atoms with van der Waals surface area (Å²) in [6, 6.07) is 8.04. The van der Waals surface area contributed by atoms with Crippen molar-refractivity contribution in [3.63, 3.8) is 0 Å². The maximum atomic E-state index is 13.2. The zero-order valence-corrected chi connectivity index (χ0v) is 12.9. The van der Waals surface area contributed by atoms with Crippen LogP contribution in [0, 0.1) is 5.21 Å². The first-order chi connectivity index (χ1) is 12.1. The predicted molar refractivity (Wildman–Crippen MR) is 80.0 cm³/mol. The fourth-order valence-corrected chi connectivity index (χ4v) is 2.63. The first-order valence-corrected chi connectivity index (χ1v) is 7.31. The van der Waals surface area contributed by atoms with Crippen molar-refractivity contribution >= 4 is 10.9 Å². The van der Waals surface area contributed by atoms with E-state index in [1.54, 1.807) is 0 Å². The Bertz CT molecular complexity index is 966. The van der Waals surface area contributed by atoms with Gasteiger partial charge < -0.3 is 5.21 Å². The molecule has 0 aliphatic heterocycles. The van der Waals surface area contributed by atoms with Gasteiger partial charge in [0, 0.05) is 17.5 Å². The fraction of sp³-hybridized carbons (Fsp3) is 0.176. The number of halogens is 6. The highest BCUT2D eigenvalue weighted by Gasteiger charge is 2.37. The average Bonchev–Trinajstić information content (AvgIpc) is 2.54. The maximum absolute atomic E-state index is 13.2.